The number of amides is 2. The maximum atomic E-state index is 12.0. The molecule has 112 valence electrons. The number of aryl methyl sites for hydroxylation is 2. The molecule has 0 radical (unpaired) electrons. The Bertz CT molecular complexity index is 446. The second-order valence-corrected chi connectivity index (χ2v) is 5.29. The summed E-state index contributed by atoms with van der Waals surface area (Å²) >= 11 is 0. The van der Waals surface area contributed by atoms with Crippen LogP contribution >= 0.6 is 0 Å². The maximum absolute atomic E-state index is 12.0. The number of rotatable bonds is 6. The number of hydrogen-bond donors (Lipinski definition) is 2. The van der Waals surface area contributed by atoms with Crippen LogP contribution in [-0.4, -0.2) is 41.8 Å². The highest BCUT2D eigenvalue weighted by Gasteiger charge is 2.14. The summed E-state index contributed by atoms with van der Waals surface area (Å²) < 4.78 is 0. The first-order valence-corrected chi connectivity index (χ1v) is 7.20. The lowest BCUT2D eigenvalue weighted by molar-refractivity contribution is 0.177. The smallest absolute Gasteiger partial charge is 0.317 e. The van der Waals surface area contributed by atoms with Crippen molar-refractivity contribution in [1.82, 2.24) is 10.2 Å². The summed E-state index contributed by atoms with van der Waals surface area (Å²) in [7, 11) is 0. The molecular formula is C16H26N2O2. The lowest BCUT2D eigenvalue weighted by atomic mass is 10.00. The van der Waals surface area contributed by atoms with Gasteiger partial charge in [-0.15, -0.1) is 0 Å². The van der Waals surface area contributed by atoms with Gasteiger partial charge >= 0.3 is 6.03 Å². The van der Waals surface area contributed by atoms with E-state index >= 15 is 0 Å². The highest BCUT2D eigenvalue weighted by atomic mass is 16.3. The van der Waals surface area contributed by atoms with Gasteiger partial charge in [0, 0.05) is 19.1 Å². The minimum Gasteiger partial charge on any atom is -0.395 e. The normalized spacial score (nSPS) is 12.1. The number of benzene rings is 1. The second-order valence-electron chi connectivity index (χ2n) is 5.29. The van der Waals surface area contributed by atoms with Crippen LogP contribution in [0.5, 0.6) is 0 Å². The summed E-state index contributed by atoms with van der Waals surface area (Å²) in [5.74, 6) is 0. The topological polar surface area (TPSA) is 52.6 Å². The molecule has 1 rings (SSSR count). The van der Waals surface area contributed by atoms with Gasteiger partial charge in [0.25, 0.3) is 0 Å². The van der Waals surface area contributed by atoms with Crippen LogP contribution in [-0.2, 0) is 6.42 Å². The molecule has 1 atom stereocenters. The largest absolute Gasteiger partial charge is 0.395 e. The lowest BCUT2D eigenvalue weighted by Gasteiger charge is -2.23. The Kier molecular flexibility index (Phi) is 6.52. The van der Waals surface area contributed by atoms with Crippen molar-refractivity contribution in [3.63, 3.8) is 0 Å². The molecule has 0 aliphatic carbocycles. The Morgan fingerprint density at radius 2 is 2.10 bits per heavy atom. The van der Waals surface area contributed by atoms with Gasteiger partial charge < -0.3 is 15.3 Å². The predicted molar refractivity (Wildman–Crippen MR) is 81.9 cm³/mol. The number of nitrogens with one attached hydrogen (secondary N) is 1. The molecule has 2 amide bonds. The monoisotopic (exact) mass is 278 g/mol. The third kappa shape index (κ3) is 4.85. The number of urea groups is 1. The van der Waals surface area contributed by atoms with Crippen molar-refractivity contribution in [3.05, 3.63) is 34.9 Å². The van der Waals surface area contributed by atoms with Gasteiger partial charge in [-0.25, -0.2) is 4.79 Å². The molecule has 0 fully saturated rings. The fourth-order valence-electron chi connectivity index (χ4n) is 2.28. The average Bonchev–Trinajstić information content (AvgIpc) is 2.39. The average molecular weight is 278 g/mol. The zero-order chi connectivity index (χ0) is 15.1. The fourth-order valence-corrected chi connectivity index (χ4v) is 2.28. The first kappa shape index (κ1) is 16.5. The Labute approximate surface area is 121 Å². The predicted octanol–water partition coefficient (Wildman–Crippen LogP) is 2.26. The molecule has 20 heavy (non-hydrogen) atoms. The van der Waals surface area contributed by atoms with Crippen LogP contribution in [0.25, 0.3) is 0 Å². The zero-order valence-corrected chi connectivity index (χ0v) is 12.9. The summed E-state index contributed by atoms with van der Waals surface area (Å²) in [6.07, 6.45) is 0.814. The first-order chi connectivity index (χ1) is 9.47. The van der Waals surface area contributed by atoms with E-state index in [9.17, 15) is 4.79 Å². The van der Waals surface area contributed by atoms with E-state index in [2.05, 4.69) is 37.4 Å². The number of nitrogens with zero attached hydrogens (tertiary/aromatic N) is 1. The van der Waals surface area contributed by atoms with Crippen molar-refractivity contribution in [3.8, 4) is 0 Å². The van der Waals surface area contributed by atoms with E-state index in [1.807, 2.05) is 13.8 Å². The summed E-state index contributed by atoms with van der Waals surface area (Å²) in [5, 5.41) is 11.9. The molecule has 2 N–H and O–H groups in total. The van der Waals surface area contributed by atoms with Crippen molar-refractivity contribution >= 4 is 6.03 Å². The number of aliphatic hydroxyl groups is 1. The van der Waals surface area contributed by atoms with E-state index in [-0.39, 0.29) is 18.7 Å². The Balaban J connectivity index is 2.58. The van der Waals surface area contributed by atoms with Gasteiger partial charge in [0.1, 0.15) is 0 Å². The third-order valence-electron chi connectivity index (χ3n) is 3.43. The standard InChI is InChI=1S/C16H26N2O2/c1-5-18(8-9-19)16(20)17-14(4)11-15-7-6-12(2)10-13(15)3/h6-7,10,14,19H,5,8-9,11H2,1-4H3,(H,17,20)/t14-/m1/s1. The molecular weight excluding hydrogens is 252 g/mol. The van der Waals surface area contributed by atoms with Crippen LogP contribution in [0.2, 0.25) is 0 Å². The van der Waals surface area contributed by atoms with Crippen molar-refractivity contribution < 1.29 is 9.90 Å². The molecule has 0 aliphatic rings. The molecule has 0 spiro atoms. The molecule has 0 heterocycles. The maximum Gasteiger partial charge on any atom is 0.317 e. The second kappa shape index (κ2) is 7.90. The Morgan fingerprint density at radius 3 is 2.65 bits per heavy atom. The van der Waals surface area contributed by atoms with Gasteiger partial charge in [-0.3, -0.25) is 0 Å². The highest BCUT2D eigenvalue weighted by Crippen LogP contribution is 2.12. The first-order valence-electron chi connectivity index (χ1n) is 7.20. The van der Waals surface area contributed by atoms with Crippen LogP contribution < -0.4 is 5.32 Å². The Morgan fingerprint density at radius 1 is 1.40 bits per heavy atom. The van der Waals surface area contributed by atoms with Crippen molar-refractivity contribution in [1.29, 1.82) is 0 Å². The molecule has 0 saturated carbocycles. The molecule has 1 aromatic carbocycles. The molecule has 0 unspecified atom stereocenters. The third-order valence-corrected chi connectivity index (χ3v) is 3.43. The minimum atomic E-state index is -0.112. The zero-order valence-electron chi connectivity index (χ0n) is 12.9. The van der Waals surface area contributed by atoms with E-state index in [4.69, 9.17) is 5.11 Å². The van der Waals surface area contributed by atoms with Crippen LogP contribution in [0.1, 0.15) is 30.5 Å². The van der Waals surface area contributed by atoms with Crippen molar-refractivity contribution in [2.45, 2.75) is 40.2 Å². The molecule has 1 aromatic rings. The highest BCUT2D eigenvalue weighted by molar-refractivity contribution is 5.74. The summed E-state index contributed by atoms with van der Waals surface area (Å²) in [4.78, 5) is 13.6. The van der Waals surface area contributed by atoms with E-state index in [1.54, 1.807) is 4.90 Å². The van der Waals surface area contributed by atoms with E-state index in [0.29, 0.717) is 13.1 Å². The van der Waals surface area contributed by atoms with Crippen LogP contribution in [0.3, 0.4) is 0 Å². The van der Waals surface area contributed by atoms with Crippen LogP contribution in [0.4, 0.5) is 4.79 Å². The van der Waals surface area contributed by atoms with E-state index in [0.717, 1.165) is 6.42 Å². The van der Waals surface area contributed by atoms with Gasteiger partial charge in [-0.1, -0.05) is 23.8 Å². The SMILES string of the molecule is CCN(CCO)C(=O)N[C@H](C)Cc1ccc(C)cc1C. The van der Waals surface area contributed by atoms with Gasteiger partial charge in [-0.2, -0.15) is 0 Å². The number of likely N-dealkylation sites (N-methyl/N-ethyl adjacent to an activating group) is 1. The number of carbonyl (C=O) groups is 1. The lowest BCUT2D eigenvalue weighted by Crippen LogP contribution is -2.45. The van der Waals surface area contributed by atoms with Gasteiger partial charge in [-0.05, 0) is 45.2 Å². The van der Waals surface area contributed by atoms with E-state index in [1.165, 1.54) is 16.7 Å². The van der Waals surface area contributed by atoms with Crippen molar-refractivity contribution in [2.24, 2.45) is 0 Å². The van der Waals surface area contributed by atoms with Gasteiger partial charge in [0.05, 0.1) is 6.61 Å². The molecule has 0 bridgehead atoms. The summed E-state index contributed by atoms with van der Waals surface area (Å²) in [6, 6.07) is 6.34. The summed E-state index contributed by atoms with van der Waals surface area (Å²) in [6.45, 7) is 9.05. The van der Waals surface area contributed by atoms with E-state index < -0.39 is 0 Å². The molecule has 0 aliphatic heterocycles. The van der Waals surface area contributed by atoms with Crippen LogP contribution in [0.15, 0.2) is 18.2 Å². The summed E-state index contributed by atoms with van der Waals surface area (Å²) in [5.41, 5.74) is 3.77. The quantitative estimate of drug-likeness (QED) is 0.838. The number of aliphatic hydroxyl groups excluding tert-OH is 1. The minimum absolute atomic E-state index is 0.00723. The van der Waals surface area contributed by atoms with Crippen molar-refractivity contribution in [2.75, 3.05) is 19.7 Å². The molecule has 4 heteroatoms. The molecule has 4 nitrogen and oxygen atoms in total. The number of carbonyl (C=O) groups excluding carboxylic acids is 1. The van der Waals surface area contributed by atoms with Gasteiger partial charge in [0.15, 0.2) is 0 Å². The van der Waals surface area contributed by atoms with Gasteiger partial charge in [0.2, 0.25) is 0 Å². The molecule has 0 saturated heterocycles. The number of hydrogen-bond acceptors (Lipinski definition) is 2. The Hall–Kier alpha value is -1.55. The molecule has 0 aromatic heterocycles. The fraction of sp³-hybridized carbons (Fsp3) is 0.562. The van der Waals surface area contributed by atoms with Crippen LogP contribution in [0, 0.1) is 13.8 Å².